The Kier molecular flexibility index (Phi) is 5.00. The first-order valence-electron chi connectivity index (χ1n) is 9.64. The fraction of sp³-hybridized carbons (Fsp3) is 0.273. The third-order valence-corrected chi connectivity index (χ3v) is 5.32. The van der Waals surface area contributed by atoms with Gasteiger partial charge in [0.15, 0.2) is 5.65 Å². The Morgan fingerprint density at radius 1 is 1.28 bits per heavy atom. The molecule has 0 bridgehead atoms. The van der Waals surface area contributed by atoms with Gasteiger partial charge >= 0.3 is 0 Å². The molecule has 0 saturated heterocycles. The smallest absolute Gasteiger partial charge is 0.220 e. The molecule has 7 nitrogen and oxygen atoms in total. The fourth-order valence-corrected chi connectivity index (χ4v) is 3.75. The van der Waals surface area contributed by atoms with Crippen molar-refractivity contribution in [3.8, 4) is 6.07 Å². The molecule has 3 heterocycles. The van der Waals surface area contributed by atoms with Crippen LogP contribution in [0.25, 0.3) is 16.6 Å². The molecule has 0 atom stereocenters. The Bertz CT molecular complexity index is 1240. The van der Waals surface area contributed by atoms with E-state index < -0.39 is 0 Å². The van der Waals surface area contributed by atoms with E-state index in [4.69, 9.17) is 5.26 Å². The first-order valence-corrected chi connectivity index (χ1v) is 9.64. The summed E-state index contributed by atoms with van der Waals surface area (Å²) in [6.07, 6.45) is 5.28. The van der Waals surface area contributed by atoms with Crippen molar-refractivity contribution >= 4 is 22.5 Å². The fourth-order valence-electron chi connectivity index (χ4n) is 3.75. The molecule has 0 radical (unpaired) electrons. The summed E-state index contributed by atoms with van der Waals surface area (Å²) in [4.78, 5) is 20.1. The Labute approximate surface area is 168 Å². The van der Waals surface area contributed by atoms with E-state index in [1.165, 1.54) is 17.1 Å². The number of hydrogen-bond donors (Lipinski definition) is 2. The van der Waals surface area contributed by atoms with Gasteiger partial charge in [-0.15, -0.1) is 0 Å². The zero-order valence-corrected chi connectivity index (χ0v) is 16.5. The largest absolute Gasteiger partial charge is 0.361 e. The number of carbonyl (C=O) groups excluding carboxylic acids is 1. The van der Waals surface area contributed by atoms with Crippen molar-refractivity contribution in [1.29, 1.82) is 5.26 Å². The van der Waals surface area contributed by atoms with E-state index in [2.05, 4.69) is 32.5 Å². The van der Waals surface area contributed by atoms with Gasteiger partial charge < -0.3 is 10.3 Å². The number of carbonyl (C=O) groups is 1. The number of aryl methyl sites for hydroxylation is 2. The number of para-hydroxylation sites is 1. The predicted molar refractivity (Wildman–Crippen MR) is 111 cm³/mol. The summed E-state index contributed by atoms with van der Waals surface area (Å²) < 4.78 is 1.68. The standard InChI is InChI=1S/C22H22N6O/c1-14-18(15(2)28-22(27-14)17(11-23)13-26-28)7-8-21(29)24-10-9-16-12-25-20-6-4-3-5-19(16)20/h3-6,12-13,25H,7-10H2,1-2H3,(H,24,29). The van der Waals surface area contributed by atoms with Crippen molar-refractivity contribution in [1.82, 2.24) is 24.9 Å². The van der Waals surface area contributed by atoms with Gasteiger partial charge in [0.25, 0.3) is 0 Å². The number of fused-ring (bicyclic) bond motifs is 2. The average Bonchev–Trinajstić information content (AvgIpc) is 3.32. The van der Waals surface area contributed by atoms with E-state index in [0.717, 1.165) is 28.9 Å². The summed E-state index contributed by atoms with van der Waals surface area (Å²) in [6.45, 7) is 4.45. The highest BCUT2D eigenvalue weighted by molar-refractivity contribution is 5.83. The average molecular weight is 386 g/mol. The van der Waals surface area contributed by atoms with Crippen LogP contribution in [0, 0.1) is 25.2 Å². The highest BCUT2D eigenvalue weighted by atomic mass is 16.1. The van der Waals surface area contributed by atoms with Crippen molar-refractivity contribution in [3.05, 3.63) is 64.7 Å². The summed E-state index contributed by atoms with van der Waals surface area (Å²) in [5, 5.41) is 17.6. The topological polar surface area (TPSA) is 98.9 Å². The van der Waals surface area contributed by atoms with Crippen molar-refractivity contribution < 1.29 is 4.79 Å². The van der Waals surface area contributed by atoms with E-state index in [1.54, 1.807) is 4.52 Å². The molecule has 4 aromatic rings. The predicted octanol–water partition coefficient (Wildman–Crippen LogP) is 2.99. The van der Waals surface area contributed by atoms with E-state index in [-0.39, 0.29) is 5.91 Å². The van der Waals surface area contributed by atoms with Gasteiger partial charge in [0.1, 0.15) is 11.6 Å². The monoisotopic (exact) mass is 386 g/mol. The van der Waals surface area contributed by atoms with Gasteiger partial charge in [-0.3, -0.25) is 4.79 Å². The minimum atomic E-state index is 0.0157. The van der Waals surface area contributed by atoms with E-state index in [0.29, 0.717) is 30.6 Å². The number of benzene rings is 1. The van der Waals surface area contributed by atoms with Crippen molar-refractivity contribution in [2.45, 2.75) is 33.1 Å². The zero-order valence-electron chi connectivity index (χ0n) is 16.5. The lowest BCUT2D eigenvalue weighted by Gasteiger charge is -2.11. The molecule has 0 aliphatic rings. The number of nitrogens with zero attached hydrogens (tertiary/aromatic N) is 4. The van der Waals surface area contributed by atoms with Gasteiger partial charge in [-0.1, -0.05) is 18.2 Å². The summed E-state index contributed by atoms with van der Waals surface area (Å²) >= 11 is 0. The van der Waals surface area contributed by atoms with Gasteiger partial charge in [-0.05, 0) is 43.9 Å². The molecule has 3 aromatic heterocycles. The number of aromatic amines is 1. The molecule has 0 spiro atoms. The molecule has 4 rings (SSSR count). The first kappa shape index (κ1) is 18.7. The van der Waals surface area contributed by atoms with Gasteiger partial charge in [0.05, 0.1) is 6.20 Å². The van der Waals surface area contributed by atoms with Gasteiger partial charge in [0, 0.05) is 41.5 Å². The summed E-state index contributed by atoms with van der Waals surface area (Å²) in [7, 11) is 0. The third kappa shape index (κ3) is 3.57. The summed E-state index contributed by atoms with van der Waals surface area (Å²) in [6, 6.07) is 10.3. The minimum absolute atomic E-state index is 0.0157. The molecular weight excluding hydrogens is 364 g/mol. The van der Waals surface area contributed by atoms with Gasteiger partial charge in [-0.2, -0.15) is 10.4 Å². The van der Waals surface area contributed by atoms with Crippen LogP contribution in [-0.2, 0) is 17.6 Å². The highest BCUT2D eigenvalue weighted by Crippen LogP contribution is 2.19. The van der Waals surface area contributed by atoms with Crippen molar-refractivity contribution in [2.75, 3.05) is 6.54 Å². The van der Waals surface area contributed by atoms with Crippen LogP contribution in [0.5, 0.6) is 0 Å². The van der Waals surface area contributed by atoms with Crippen molar-refractivity contribution in [2.24, 2.45) is 0 Å². The number of H-pyrrole nitrogens is 1. The van der Waals surface area contributed by atoms with E-state index in [9.17, 15) is 4.79 Å². The Morgan fingerprint density at radius 3 is 2.93 bits per heavy atom. The maximum Gasteiger partial charge on any atom is 0.220 e. The van der Waals surface area contributed by atoms with Crippen LogP contribution in [-0.4, -0.2) is 32.0 Å². The second-order valence-corrected chi connectivity index (χ2v) is 7.13. The Balaban J connectivity index is 1.37. The quantitative estimate of drug-likeness (QED) is 0.532. The number of rotatable bonds is 6. The van der Waals surface area contributed by atoms with Crippen LogP contribution in [0.1, 0.15) is 34.5 Å². The number of aromatic nitrogens is 4. The second-order valence-electron chi connectivity index (χ2n) is 7.13. The Hall–Kier alpha value is -3.66. The lowest BCUT2D eigenvalue weighted by Crippen LogP contribution is -2.26. The van der Waals surface area contributed by atoms with Crippen LogP contribution in [0.4, 0.5) is 0 Å². The minimum Gasteiger partial charge on any atom is -0.361 e. The number of hydrogen-bond acceptors (Lipinski definition) is 4. The third-order valence-electron chi connectivity index (χ3n) is 5.32. The molecule has 1 aromatic carbocycles. The van der Waals surface area contributed by atoms with Crippen molar-refractivity contribution in [3.63, 3.8) is 0 Å². The van der Waals surface area contributed by atoms with Crippen LogP contribution in [0.15, 0.2) is 36.7 Å². The van der Waals surface area contributed by atoms with Gasteiger partial charge in [-0.25, -0.2) is 9.50 Å². The molecule has 146 valence electrons. The molecule has 0 saturated carbocycles. The summed E-state index contributed by atoms with van der Waals surface area (Å²) in [5.41, 5.74) is 6.08. The molecule has 2 N–H and O–H groups in total. The van der Waals surface area contributed by atoms with Crippen LogP contribution in [0.2, 0.25) is 0 Å². The molecular formula is C22H22N6O. The van der Waals surface area contributed by atoms with Crippen LogP contribution < -0.4 is 5.32 Å². The number of nitriles is 1. The van der Waals surface area contributed by atoms with E-state index in [1.807, 2.05) is 38.2 Å². The SMILES string of the molecule is Cc1nc2c(C#N)cnn2c(C)c1CCC(=O)NCCc1c[nH]c2ccccc12. The Morgan fingerprint density at radius 2 is 2.10 bits per heavy atom. The molecule has 0 fully saturated rings. The molecule has 0 aliphatic carbocycles. The summed E-state index contributed by atoms with van der Waals surface area (Å²) in [5.74, 6) is 0.0157. The lowest BCUT2D eigenvalue weighted by atomic mass is 10.1. The maximum atomic E-state index is 12.3. The lowest BCUT2D eigenvalue weighted by molar-refractivity contribution is -0.121. The second kappa shape index (κ2) is 7.76. The maximum absolute atomic E-state index is 12.3. The highest BCUT2D eigenvalue weighted by Gasteiger charge is 2.14. The molecule has 1 amide bonds. The van der Waals surface area contributed by atoms with Crippen LogP contribution >= 0.6 is 0 Å². The molecule has 0 unspecified atom stereocenters. The normalized spacial score (nSPS) is 11.1. The number of amides is 1. The van der Waals surface area contributed by atoms with E-state index >= 15 is 0 Å². The number of nitrogens with one attached hydrogen (secondary N) is 2. The van der Waals surface area contributed by atoms with Crippen LogP contribution in [0.3, 0.4) is 0 Å². The zero-order chi connectivity index (χ0) is 20.4. The van der Waals surface area contributed by atoms with Gasteiger partial charge in [0.2, 0.25) is 5.91 Å². The molecule has 29 heavy (non-hydrogen) atoms. The first-order chi connectivity index (χ1) is 14.1. The molecule has 0 aliphatic heterocycles. The molecule has 7 heteroatoms.